The number of hydrogen-bond acceptors (Lipinski definition) is 6. The van der Waals surface area contributed by atoms with E-state index >= 15 is 0 Å². The molecule has 154 valence electrons. The van der Waals surface area contributed by atoms with Crippen LogP contribution < -0.4 is 25.0 Å². The molecule has 0 fully saturated rings. The highest BCUT2D eigenvalue weighted by Gasteiger charge is 2.12. The van der Waals surface area contributed by atoms with Gasteiger partial charge in [0.25, 0.3) is 0 Å². The highest BCUT2D eigenvalue weighted by atomic mass is 79.9. The molecule has 0 saturated carbocycles. The normalized spacial score (nSPS) is 10.5. The van der Waals surface area contributed by atoms with Crippen molar-refractivity contribution in [3.05, 3.63) is 46.4 Å². The molecule has 0 saturated heterocycles. The number of carbonyl (C=O) groups is 2. The lowest BCUT2D eigenvalue weighted by Crippen LogP contribution is -2.20. The Hall–Kier alpha value is -3.07. The third-order valence-corrected chi connectivity index (χ3v) is 4.33. The summed E-state index contributed by atoms with van der Waals surface area (Å²) in [6, 6.07) is 10.6. The molecule has 2 N–H and O–H groups in total. The number of anilines is 1. The summed E-state index contributed by atoms with van der Waals surface area (Å²) in [6.07, 6.45) is 1.50. The number of nitrogens with zero attached hydrogens (tertiary/aromatic N) is 1. The van der Waals surface area contributed by atoms with Gasteiger partial charge in [-0.15, -0.1) is 0 Å². The van der Waals surface area contributed by atoms with Gasteiger partial charge in [-0.05, 0) is 36.4 Å². The number of ether oxygens (including phenoxy) is 3. The van der Waals surface area contributed by atoms with Crippen molar-refractivity contribution in [2.75, 3.05) is 26.6 Å². The average Bonchev–Trinajstić information content (AvgIpc) is 2.73. The van der Waals surface area contributed by atoms with Crippen molar-refractivity contribution in [3.8, 4) is 17.2 Å². The summed E-state index contributed by atoms with van der Waals surface area (Å²) in [5, 5.41) is 6.63. The molecule has 2 amide bonds. The maximum Gasteiger partial charge on any atom is 0.240 e. The predicted molar refractivity (Wildman–Crippen MR) is 114 cm³/mol. The van der Waals surface area contributed by atoms with E-state index in [2.05, 4.69) is 31.8 Å². The van der Waals surface area contributed by atoms with Crippen LogP contribution in [0.1, 0.15) is 18.4 Å². The zero-order valence-electron chi connectivity index (χ0n) is 16.3. The maximum absolute atomic E-state index is 11.9. The maximum atomic E-state index is 11.9. The number of amides is 2. The van der Waals surface area contributed by atoms with Crippen molar-refractivity contribution in [1.82, 2.24) is 5.43 Å². The summed E-state index contributed by atoms with van der Waals surface area (Å²) in [5.41, 5.74) is 3.70. The summed E-state index contributed by atoms with van der Waals surface area (Å²) in [5.74, 6) is 0.789. The van der Waals surface area contributed by atoms with Gasteiger partial charge in [-0.2, -0.15) is 5.10 Å². The van der Waals surface area contributed by atoms with Gasteiger partial charge in [0.1, 0.15) is 0 Å². The Balaban J connectivity index is 1.86. The molecule has 29 heavy (non-hydrogen) atoms. The smallest absolute Gasteiger partial charge is 0.240 e. The molecule has 0 heterocycles. The highest BCUT2D eigenvalue weighted by Crippen LogP contribution is 2.37. The fraction of sp³-hybridized carbons (Fsp3) is 0.250. The van der Waals surface area contributed by atoms with E-state index in [0.717, 1.165) is 4.47 Å². The first-order valence-electron chi connectivity index (χ1n) is 8.64. The number of hydrazone groups is 1. The molecule has 0 aliphatic rings. The Kier molecular flexibility index (Phi) is 8.47. The third-order valence-electron chi connectivity index (χ3n) is 3.80. The van der Waals surface area contributed by atoms with Crippen LogP contribution in [-0.4, -0.2) is 39.4 Å². The molecular weight excluding hydrogens is 442 g/mol. The molecule has 0 aliphatic heterocycles. The van der Waals surface area contributed by atoms with Gasteiger partial charge in [-0.3, -0.25) is 9.59 Å². The Morgan fingerprint density at radius 3 is 2.10 bits per heavy atom. The van der Waals surface area contributed by atoms with Crippen LogP contribution in [0.4, 0.5) is 5.69 Å². The van der Waals surface area contributed by atoms with E-state index in [1.807, 2.05) is 12.1 Å². The summed E-state index contributed by atoms with van der Waals surface area (Å²) < 4.78 is 16.7. The lowest BCUT2D eigenvalue weighted by molar-refractivity contribution is -0.124. The number of carbonyl (C=O) groups excluding carboxylic acids is 2. The van der Waals surface area contributed by atoms with Crippen molar-refractivity contribution >= 4 is 39.6 Å². The molecule has 0 radical (unpaired) electrons. The van der Waals surface area contributed by atoms with Gasteiger partial charge in [0, 0.05) is 28.6 Å². The van der Waals surface area contributed by atoms with Crippen molar-refractivity contribution in [2.24, 2.45) is 5.10 Å². The minimum Gasteiger partial charge on any atom is -0.493 e. The lowest BCUT2D eigenvalue weighted by Gasteiger charge is -2.12. The SMILES string of the molecule is COc1cc(/C=N/NC(=O)CCC(=O)Nc2ccc(Br)cc2)cc(OC)c1OC. The summed E-state index contributed by atoms with van der Waals surface area (Å²) >= 11 is 3.33. The van der Waals surface area contributed by atoms with E-state index in [1.54, 1.807) is 24.3 Å². The number of nitrogens with one attached hydrogen (secondary N) is 2. The Morgan fingerprint density at radius 1 is 0.966 bits per heavy atom. The molecule has 9 heteroatoms. The van der Waals surface area contributed by atoms with Crippen LogP contribution in [0, 0.1) is 0 Å². The van der Waals surface area contributed by atoms with Crippen molar-refractivity contribution in [2.45, 2.75) is 12.8 Å². The number of benzene rings is 2. The van der Waals surface area contributed by atoms with Gasteiger partial charge in [0.05, 0.1) is 27.5 Å². The fourth-order valence-corrected chi connectivity index (χ4v) is 2.66. The summed E-state index contributed by atoms with van der Waals surface area (Å²) in [4.78, 5) is 23.8. The van der Waals surface area contributed by atoms with Crippen molar-refractivity contribution < 1.29 is 23.8 Å². The van der Waals surface area contributed by atoms with Crippen LogP contribution >= 0.6 is 15.9 Å². The van der Waals surface area contributed by atoms with E-state index < -0.39 is 0 Å². The quantitative estimate of drug-likeness (QED) is 0.438. The van der Waals surface area contributed by atoms with Gasteiger partial charge in [0.15, 0.2) is 11.5 Å². The van der Waals surface area contributed by atoms with E-state index in [9.17, 15) is 9.59 Å². The van der Waals surface area contributed by atoms with E-state index in [4.69, 9.17) is 14.2 Å². The third kappa shape index (κ3) is 6.79. The first-order valence-corrected chi connectivity index (χ1v) is 9.43. The van der Waals surface area contributed by atoms with Crippen molar-refractivity contribution in [1.29, 1.82) is 0 Å². The molecule has 0 atom stereocenters. The summed E-state index contributed by atoms with van der Waals surface area (Å²) in [7, 11) is 4.54. The molecule has 8 nitrogen and oxygen atoms in total. The van der Waals surface area contributed by atoms with E-state index in [1.165, 1.54) is 27.5 Å². The molecule has 2 aromatic carbocycles. The minimum atomic E-state index is -0.375. The standard InChI is InChI=1S/C20H22BrN3O5/c1-27-16-10-13(11-17(28-2)20(16)29-3)12-22-24-19(26)9-8-18(25)23-15-6-4-14(21)5-7-15/h4-7,10-12H,8-9H2,1-3H3,(H,23,25)(H,24,26)/b22-12+. The molecule has 0 spiro atoms. The molecule has 0 aromatic heterocycles. The number of halogens is 1. The number of hydrogen-bond donors (Lipinski definition) is 2. The lowest BCUT2D eigenvalue weighted by atomic mass is 10.2. The zero-order chi connectivity index (χ0) is 21.2. The van der Waals surface area contributed by atoms with Gasteiger partial charge >= 0.3 is 0 Å². The van der Waals surface area contributed by atoms with Crippen molar-refractivity contribution in [3.63, 3.8) is 0 Å². The Morgan fingerprint density at radius 2 is 1.55 bits per heavy atom. The average molecular weight is 464 g/mol. The van der Waals surface area contributed by atoms with Gasteiger partial charge in [-0.1, -0.05) is 15.9 Å². The van der Waals surface area contributed by atoms with Gasteiger partial charge in [-0.25, -0.2) is 5.43 Å². The second kappa shape index (κ2) is 11.1. The van der Waals surface area contributed by atoms with Crippen LogP contribution in [0.5, 0.6) is 17.2 Å². The second-order valence-electron chi connectivity index (χ2n) is 5.81. The van der Waals surface area contributed by atoms with Crippen LogP contribution in [0.25, 0.3) is 0 Å². The highest BCUT2D eigenvalue weighted by molar-refractivity contribution is 9.10. The zero-order valence-corrected chi connectivity index (χ0v) is 17.9. The summed E-state index contributed by atoms with van der Waals surface area (Å²) in [6.45, 7) is 0. The van der Waals surface area contributed by atoms with Gasteiger partial charge < -0.3 is 19.5 Å². The van der Waals surface area contributed by atoms with Crippen LogP contribution in [0.3, 0.4) is 0 Å². The van der Waals surface area contributed by atoms with Crippen LogP contribution in [0.15, 0.2) is 46.0 Å². The van der Waals surface area contributed by atoms with E-state index in [0.29, 0.717) is 28.5 Å². The monoisotopic (exact) mass is 463 g/mol. The predicted octanol–water partition coefficient (Wildman–Crippen LogP) is 3.34. The first kappa shape index (κ1) is 22.2. The van der Waals surface area contributed by atoms with E-state index in [-0.39, 0.29) is 24.7 Å². The Labute approximate surface area is 177 Å². The largest absolute Gasteiger partial charge is 0.493 e. The molecule has 0 aliphatic carbocycles. The first-order chi connectivity index (χ1) is 14.0. The molecule has 2 aromatic rings. The van der Waals surface area contributed by atoms with Gasteiger partial charge in [0.2, 0.25) is 17.6 Å². The molecule has 0 unspecified atom stereocenters. The second-order valence-corrected chi connectivity index (χ2v) is 6.72. The fourth-order valence-electron chi connectivity index (χ4n) is 2.39. The van der Waals surface area contributed by atoms with Crippen LogP contribution in [0.2, 0.25) is 0 Å². The van der Waals surface area contributed by atoms with Crippen LogP contribution in [-0.2, 0) is 9.59 Å². The molecule has 0 bridgehead atoms. The topological polar surface area (TPSA) is 98.2 Å². The molecule has 2 rings (SSSR count). The minimum absolute atomic E-state index is 0.00889. The molecular formula is C20H22BrN3O5. The Bertz CT molecular complexity index is 859. The number of methoxy groups -OCH3 is 3. The number of rotatable bonds is 9.